The summed E-state index contributed by atoms with van der Waals surface area (Å²) in [6.07, 6.45) is 0.710. The van der Waals surface area contributed by atoms with E-state index in [1.165, 1.54) is 5.56 Å². The van der Waals surface area contributed by atoms with E-state index in [2.05, 4.69) is 23.5 Å². The Kier molecular flexibility index (Phi) is 4.73. The Morgan fingerprint density at radius 3 is 2.75 bits per heavy atom. The summed E-state index contributed by atoms with van der Waals surface area (Å²) >= 11 is 6.00. The lowest BCUT2D eigenvalue weighted by Gasteiger charge is -2.18. The van der Waals surface area contributed by atoms with Crippen LogP contribution in [0.3, 0.4) is 0 Å². The molecule has 1 saturated heterocycles. The van der Waals surface area contributed by atoms with Crippen LogP contribution in [0.25, 0.3) is 0 Å². The molecule has 1 fully saturated rings. The van der Waals surface area contributed by atoms with Gasteiger partial charge in [-0.2, -0.15) is 5.26 Å². The summed E-state index contributed by atoms with van der Waals surface area (Å²) < 4.78 is 0. The van der Waals surface area contributed by atoms with Gasteiger partial charge in [0, 0.05) is 18.1 Å². The highest BCUT2D eigenvalue weighted by atomic mass is 35.5. The lowest BCUT2D eigenvalue weighted by atomic mass is 10.1. The van der Waals surface area contributed by atoms with Crippen molar-refractivity contribution in [2.45, 2.75) is 25.9 Å². The number of carbonyl (C=O) groups excluding carboxylic acids is 1. The zero-order valence-electron chi connectivity index (χ0n) is 13.4. The second-order valence-corrected chi connectivity index (χ2v) is 6.47. The van der Waals surface area contributed by atoms with Crippen molar-refractivity contribution >= 4 is 23.2 Å². The lowest BCUT2D eigenvalue weighted by Crippen LogP contribution is -2.33. The topological polar surface area (TPSA) is 56.1 Å². The van der Waals surface area contributed by atoms with Crippen LogP contribution in [-0.4, -0.2) is 23.4 Å². The van der Waals surface area contributed by atoms with Crippen LogP contribution in [0, 0.1) is 18.3 Å². The van der Waals surface area contributed by atoms with Crippen molar-refractivity contribution in [3.05, 3.63) is 64.2 Å². The largest absolute Gasteiger partial charge is 0.373 e. The quantitative estimate of drug-likeness (QED) is 0.923. The highest BCUT2D eigenvalue weighted by Crippen LogP contribution is 2.24. The summed E-state index contributed by atoms with van der Waals surface area (Å²) in [6.45, 7) is 3.35. The van der Waals surface area contributed by atoms with Gasteiger partial charge in [0.05, 0.1) is 11.3 Å². The molecular formula is C19H18ClN3O. The van der Waals surface area contributed by atoms with Crippen LogP contribution in [0.5, 0.6) is 0 Å². The van der Waals surface area contributed by atoms with Gasteiger partial charge in [-0.15, -0.1) is 0 Å². The van der Waals surface area contributed by atoms with Crippen LogP contribution in [0.4, 0.5) is 5.69 Å². The number of hydrogen-bond acceptors (Lipinski definition) is 3. The van der Waals surface area contributed by atoms with Crippen LogP contribution < -0.4 is 5.32 Å². The maximum atomic E-state index is 12.6. The minimum Gasteiger partial charge on any atom is -0.373 e. The SMILES string of the molecule is Cc1ccc(CN2CCC(Nc3cc(Cl)ccc3C#N)C2=O)cc1. The molecule has 4 nitrogen and oxygen atoms in total. The second-order valence-electron chi connectivity index (χ2n) is 6.03. The highest BCUT2D eigenvalue weighted by Gasteiger charge is 2.31. The third-order valence-corrected chi connectivity index (χ3v) is 4.46. The van der Waals surface area contributed by atoms with Crippen LogP contribution in [0.15, 0.2) is 42.5 Å². The molecule has 1 aliphatic heterocycles. The Hall–Kier alpha value is -2.51. The first-order chi connectivity index (χ1) is 11.6. The number of nitriles is 1. The fraction of sp³-hybridized carbons (Fsp3) is 0.263. The molecule has 0 radical (unpaired) electrons. The van der Waals surface area contributed by atoms with E-state index in [1.807, 2.05) is 24.0 Å². The first-order valence-corrected chi connectivity index (χ1v) is 8.25. The van der Waals surface area contributed by atoms with Gasteiger partial charge < -0.3 is 10.2 Å². The molecule has 0 aromatic heterocycles. The van der Waals surface area contributed by atoms with Gasteiger partial charge in [0.2, 0.25) is 5.91 Å². The summed E-state index contributed by atoms with van der Waals surface area (Å²) in [7, 11) is 0. The van der Waals surface area contributed by atoms with Gasteiger partial charge in [-0.1, -0.05) is 41.4 Å². The molecule has 0 bridgehead atoms. The van der Waals surface area contributed by atoms with E-state index >= 15 is 0 Å². The molecule has 0 aliphatic carbocycles. The third kappa shape index (κ3) is 3.52. The van der Waals surface area contributed by atoms with Crippen molar-refractivity contribution in [1.82, 2.24) is 4.90 Å². The molecule has 2 aromatic rings. The molecule has 5 heteroatoms. The fourth-order valence-corrected chi connectivity index (χ4v) is 3.04. The van der Waals surface area contributed by atoms with Crippen molar-refractivity contribution in [2.24, 2.45) is 0 Å². The number of amides is 1. The smallest absolute Gasteiger partial charge is 0.245 e. The van der Waals surface area contributed by atoms with E-state index in [-0.39, 0.29) is 11.9 Å². The minimum atomic E-state index is -0.319. The average Bonchev–Trinajstić information content (AvgIpc) is 2.90. The maximum absolute atomic E-state index is 12.6. The molecular weight excluding hydrogens is 322 g/mol. The molecule has 3 rings (SSSR count). The van der Waals surface area contributed by atoms with Crippen molar-refractivity contribution < 1.29 is 4.79 Å². The van der Waals surface area contributed by atoms with Crippen LogP contribution in [0.1, 0.15) is 23.1 Å². The van der Waals surface area contributed by atoms with Crippen molar-refractivity contribution in [3.63, 3.8) is 0 Å². The molecule has 1 amide bonds. The van der Waals surface area contributed by atoms with Gasteiger partial charge in [-0.05, 0) is 37.1 Å². The standard InChI is InChI=1S/C19H18ClN3O/c1-13-2-4-14(5-3-13)12-23-9-8-17(19(23)24)22-18-10-16(20)7-6-15(18)11-21/h2-7,10,17,22H,8-9,12H2,1H3. The van der Waals surface area contributed by atoms with E-state index in [0.717, 1.165) is 5.56 Å². The molecule has 1 N–H and O–H groups in total. The Morgan fingerprint density at radius 1 is 1.29 bits per heavy atom. The molecule has 2 aromatic carbocycles. The van der Waals surface area contributed by atoms with Gasteiger partial charge in [0.1, 0.15) is 12.1 Å². The van der Waals surface area contributed by atoms with Crippen molar-refractivity contribution in [3.8, 4) is 6.07 Å². The number of nitrogens with one attached hydrogen (secondary N) is 1. The molecule has 1 aliphatic rings. The van der Waals surface area contributed by atoms with Gasteiger partial charge in [0.25, 0.3) is 0 Å². The van der Waals surface area contributed by atoms with Crippen molar-refractivity contribution in [1.29, 1.82) is 5.26 Å². The molecule has 1 unspecified atom stereocenters. The molecule has 122 valence electrons. The van der Waals surface area contributed by atoms with Crippen LogP contribution in [0.2, 0.25) is 5.02 Å². The summed E-state index contributed by atoms with van der Waals surface area (Å²) in [4.78, 5) is 14.5. The summed E-state index contributed by atoms with van der Waals surface area (Å²) in [5.74, 6) is 0.0550. The van der Waals surface area contributed by atoms with Crippen molar-refractivity contribution in [2.75, 3.05) is 11.9 Å². The van der Waals surface area contributed by atoms with Gasteiger partial charge in [0.15, 0.2) is 0 Å². The zero-order chi connectivity index (χ0) is 17.1. The second kappa shape index (κ2) is 6.94. The number of carbonyl (C=O) groups is 1. The predicted octanol–water partition coefficient (Wildman–Crippen LogP) is 3.73. The number of benzene rings is 2. The third-order valence-electron chi connectivity index (χ3n) is 4.22. The number of likely N-dealkylation sites (tertiary alicyclic amines) is 1. The van der Waals surface area contributed by atoms with E-state index in [9.17, 15) is 10.1 Å². The number of rotatable bonds is 4. The predicted molar refractivity (Wildman–Crippen MR) is 94.8 cm³/mol. The van der Waals surface area contributed by atoms with Crippen LogP contribution >= 0.6 is 11.6 Å². The summed E-state index contributed by atoms with van der Waals surface area (Å²) in [5, 5.41) is 12.9. The Morgan fingerprint density at radius 2 is 2.04 bits per heavy atom. The number of halogens is 1. The van der Waals surface area contributed by atoms with E-state index in [0.29, 0.717) is 35.8 Å². The van der Waals surface area contributed by atoms with Gasteiger partial charge in [-0.25, -0.2) is 0 Å². The average molecular weight is 340 g/mol. The normalized spacial score (nSPS) is 17.0. The number of anilines is 1. The van der Waals surface area contributed by atoms with Gasteiger partial charge >= 0.3 is 0 Å². The molecule has 1 atom stereocenters. The summed E-state index contributed by atoms with van der Waals surface area (Å²) in [5.41, 5.74) is 3.43. The van der Waals surface area contributed by atoms with E-state index in [1.54, 1.807) is 18.2 Å². The first-order valence-electron chi connectivity index (χ1n) is 7.87. The van der Waals surface area contributed by atoms with Gasteiger partial charge in [-0.3, -0.25) is 4.79 Å². The highest BCUT2D eigenvalue weighted by molar-refractivity contribution is 6.30. The zero-order valence-corrected chi connectivity index (χ0v) is 14.2. The Bertz CT molecular complexity index is 795. The van der Waals surface area contributed by atoms with E-state index < -0.39 is 0 Å². The maximum Gasteiger partial charge on any atom is 0.245 e. The summed E-state index contributed by atoms with van der Waals surface area (Å²) in [6, 6.07) is 15.0. The number of nitrogens with zero attached hydrogens (tertiary/aromatic N) is 2. The fourth-order valence-electron chi connectivity index (χ4n) is 2.86. The Labute approximate surface area is 146 Å². The molecule has 24 heavy (non-hydrogen) atoms. The van der Waals surface area contributed by atoms with Crippen LogP contribution in [-0.2, 0) is 11.3 Å². The first kappa shape index (κ1) is 16.4. The molecule has 1 heterocycles. The number of aryl methyl sites for hydroxylation is 1. The lowest BCUT2D eigenvalue weighted by molar-refractivity contribution is -0.128. The molecule has 0 saturated carbocycles. The minimum absolute atomic E-state index is 0.0550. The number of hydrogen-bond donors (Lipinski definition) is 1. The van der Waals surface area contributed by atoms with E-state index in [4.69, 9.17) is 11.6 Å². The Balaban J connectivity index is 1.69. The monoisotopic (exact) mass is 339 g/mol. The molecule has 0 spiro atoms.